The van der Waals surface area contributed by atoms with Crippen LogP contribution < -0.4 is 5.32 Å². The Kier molecular flexibility index (Phi) is 8.96. The molecule has 0 radical (unpaired) electrons. The van der Waals surface area contributed by atoms with Crippen LogP contribution in [0.1, 0.15) is 75.1 Å². The first kappa shape index (κ1) is 25.4. The number of ketones is 1. The zero-order valence-electron chi connectivity index (χ0n) is 21.1. The zero-order valence-corrected chi connectivity index (χ0v) is 21.1. The van der Waals surface area contributed by atoms with E-state index >= 15 is 0 Å². The van der Waals surface area contributed by atoms with Crippen LogP contribution in [-0.4, -0.2) is 70.7 Å². The summed E-state index contributed by atoms with van der Waals surface area (Å²) in [5, 5.41) is 4.00. The van der Waals surface area contributed by atoms with Crippen LogP contribution in [0.15, 0.2) is 30.5 Å². The summed E-state index contributed by atoms with van der Waals surface area (Å²) in [6, 6.07) is 8.19. The molecule has 1 unspecified atom stereocenters. The summed E-state index contributed by atoms with van der Waals surface area (Å²) in [4.78, 5) is 43.0. The van der Waals surface area contributed by atoms with Crippen LogP contribution >= 0.6 is 0 Å². The molecule has 1 atom stereocenters. The highest BCUT2D eigenvalue weighted by molar-refractivity contribution is 6.08. The standard InChI is InChI=1S/C28H40N4O3/c1-2-10-26(33)24-20-32(25-13-4-3-12-23(24)25)21-28(35)31-16-8-6-14-29-27(34)19-22-11-5-7-15-30(22)17-9-18-31/h3-4,12-13,20,22H,2,5-11,14-19,21H2,1H3,(H,29,34). The molecule has 2 amide bonds. The molecule has 1 aromatic carbocycles. The van der Waals surface area contributed by atoms with Gasteiger partial charge in [-0.2, -0.15) is 0 Å². The van der Waals surface area contributed by atoms with E-state index in [4.69, 9.17) is 0 Å². The lowest BCUT2D eigenvalue weighted by atomic mass is 9.98. The second-order valence-electron chi connectivity index (χ2n) is 10.0. The van der Waals surface area contributed by atoms with Gasteiger partial charge < -0.3 is 14.8 Å². The molecule has 0 spiro atoms. The molecule has 1 aromatic heterocycles. The number of fused-ring (bicyclic) bond motifs is 2. The number of benzene rings is 1. The van der Waals surface area contributed by atoms with Gasteiger partial charge in [-0.25, -0.2) is 0 Å². The number of Topliss-reactive ketones (excluding diaryl/α,β-unsaturated/α-hetero) is 1. The number of hydrogen-bond acceptors (Lipinski definition) is 4. The predicted octanol–water partition coefficient (Wildman–Crippen LogP) is 4.00. The first-order valence-corrected chi connectivity index (χ1v) is 13.5. The van der Waals surface area contributed by atoms with Gasteiger partial charge in [-0.1, -0.05) is 31.5 Å². The minimum Gasteiger partial charge on any atom is -0.356 e. The van der Waals surface area contributed by atoms with E-state index in [9.17, 15) is 14.4 Å². The van der Waals surface area contributed by atoms with Crippen molar-refractivity contribution in [1.29, 1.82) is 0 Å². The summed E-state index contributed by atoms with van der Waals surface area (Å²) >= 11 is 0. The van der Waals surface area contributed by atoms with Crippen molar-refractivity contribution in [3.05, 3.63) is 36.0 Å². The van der Waals surface area contributed by atoms with Gasteiger partial charge in [0.1, 0.15) is 6.54 Å². The van der Waals surface area contributed by atoms with Crippen molar-refractivity contribution in [3.63, 3.8) is 0 Å². The number of nitrogens with zero attached hydrogens (tertiary/aromatic N) is 3. The summed E-state index contributed by atoms with van der Waals surface area (Å²) in [6.45, 7) is 6.29. The normalized spacial score (nSPS) is 20.9. The molecule has 35 heavy (non-hydrogen) atoms. The van der Waals surface area contributed by atoms with Crippen molar-refractivity contribution in [3.8, 4) is 0 Å². The minimum atomic E-state index is 0.0920. The van der Waals surface area contributed by atoms with Crippen LogP contribution in [0.2, 0.25) is 0 Å². The third-order valence-electron chi connectivity index (χ3n) is 7.44. The maximum absolute atomic E-state index is 13.5. The molecule has 190 valence electrons. The Morgan fingerprint density at radius 1 is 1.00 bits per heavy atom. The van der Waals surface area contributed by atoms with Gasteiger partial charge in [0.25, 0.3) is 0 Å². The van der Waals surface area contributed by atoms with Crippen molar-refractivity contribution < 1.29 is 14.4 Å². The summed E-state index contributed by atoms with van der Waals surface area (Å²) in [5.74, 6) is 0.381. The number of hydrogen-bond donors (Lipinski definition) is 1. The molecule has 2 fully saturated rings. The van der Waals surface area contributed by atoms with Gasteiger partial charge in [0, 0.05) is 67.7 Å². The Bertz CT molecular complexity index is 1030. The molecule has 2 aliphatic rings. The third-order valence-corrected chi connectivity index (χ3v) is 7.44. The van der Waals surface area contributed by atoms with E-state index in [2.05, 4.69) is 10.2 Å². The van der Waals surface area contributed by atoms with Crippen LogP contribution in [0.3, 0.4) is 0 Å². The lowest BCUT2D eigenvalue weighted by Gasteiger charge is -2.35. The molecule has 4 rings (SSSR count). The van der Waals surface area contributed by atoms with E-state index in [1.807, 2.05) is 46.9 Å². The number of piperidine rings is 1. The molecule has 3 heterocycles. The van der Waals surface area contributed by atoms with E-state index in [0.29, 0.717) is 37.5 Å². The lowest BCUT2D eigenvalue weighted by molar-refractivity contribution is -0.132. The zero-order chi connectivity index (χ0) is 24.6. The van der Waals surface area contributed by atoms with E-state index in [1.54, 1.807) is 0 Å². The fourth-order valence-electron chi connectivity index (χ4n) is 5.56. The summed E-state index contributed by atoms with van der Waals surface area (Å²) in [6.07, 6.45) is 9.88. The SMILES string of the molecule is CCCC(=O)c1cn(CC(=O)N2CCCCNC(=O)CC3CCCCN3CCC2)c2ccccc12. The number of carbonyl (C=O) groups excluding carboxylic acids is 3. The largest absolute Gasteiger partial charge is 0.356 e. The topological polar surface area (TPSA) is 74.6 Å². The molecule has 2 aromatic rings. The van der Waals surface area contributed by atoms with Gasteiger partial charge in [0.05, 0.1) is 0 Å². The first-order chi connectivity index (χ1) is 17.1. The van der Waals surface area contributed by atoms with Crippen LogP contribution in [0, 0.1) is 0 Å². The molecule has 0 bridgehead atoms. The highest BCUT2D eigenvalue weighted by Gasteiger charge is 2.25. The van der Waals surface area contributed by atoms with Crippen LogP contribution in [0.25, 0.3) is 10.9 Å². The molecule has 0 saturated carbocycles. The summed E-state index contributed by atoms with van der Waals surface area (Å²) in [7, 11) is 0. The Morgan fingerprint density at radius 3 is 2.63 bits per heavy atom. The number of rotatable bonds is 5. The number of nitrogens with one attached hydrogen (secondary N) is 1. The highest BCUT2D eigenvalue weighted by Crippen LogP contribution is 2.24. The molecule has 7 nitrogen and oxygen atoms in total. The fraction of sp³-hybridized carbons (Fsp3) is 0.607. The molecule has 2 saturated heterocycles. The number of aromatic nitrogens is 1. The average Bonchev–Trinajstić information content (AvgIpc) is 3.22. The molecular formula is C28H40N4O3. The second kappa shape index (κ2) is 12.3. The van der Waals surface area contributed by atoms with Crippen LogP contribution in [0.4, 0.5) is 0 Å². The van der Waals surface area contributed by atoms with Gasteiger partial charge >= 0.3 is 0 Å². The Hall–Kier alpha value is -2.67. The molecule has 1 N–H and O–H groups in total. The van der Waals surface area contributed by atoms with Gasteiger partial charge in [-0.05, 0) is 51.1 Å². The smallest absolute Gasteiger partial charge is 0.242 e. The van der Waals surface area contributed by atoms with E-state index in [0.717, 1.165) is 62.6 Å². The van der Waals surface area contributed by atoms with E-state index < -0.39 is 0 Å². The van der Waals surface area contributed by atoms with Gasteiger partial charge in [0.15, 0.2) is 5.78 Å². The molecular weight excluding hydrogens is 440 g/mol. The van der Waals surface area contributed by atoms with E-state index in [1.165, 1.54) is 12.8 Å². The quantitative estimate of drug-likeness (QED) is 0.657. The summed E-state index contributed by atoms with van der Waals surface area (Å²) < 4.78 is 1.95. The Labute approximate surface area is 208 Å². The Morgan fingerprint density at radius 2 is 1.77 bits per heavy atom. The van der Waals surface area contributed by atoms with Crippen molar-refractivity contribution in [2.45, 2.75) is 77.3 Å². The van der Waals surface area contributed by atoms with Crippen molar-refractivity contribution >= 4 is 28.5 Å². The molecule has 0 aliphatic carbocycles. The fourth-order valence-corrected chi connectivity index (χ4v) is 5.56. The van der Waals surface area contributed by atoms with Gasteiger partial charge in [0.2, 0.25) is 11.8 Å². The van der Waals surface area contributed by atoms with Crippen molar-refractivity contribution in [1.82, 2.24) is 19.7 Å². The Balaban J connectivity index is 1.47. The third kappa shape index (κ3) is 6.51. The van der Waals surface area contributed by atoms with Gasteiger partial charge in [-0.15, -0.1) is 0 Å². The molecule has 7 heteroatoms. The number of amides is 2. The van der Waals surface area contributed by atoms with Crippen molar-refractivity contribution in [2.75, 3.05) is 32.7 Å². The maximum Gasteiger partial charge on any atom is 0.242 e. The predicted molar refractivity (Wildman–Crippen MR) is 138 cm³/mol. The highest BCUT2D eigenvalue weighted by atomic mass is 16.2. The summed E-state index contributed by atoms with van der Waals surface area (Å²) in [5.41, 5.74) is 1.65. The van der Waals surface area contributed by atoms with E-state index in [-0.39, 0.29) is 24.1 Å². The van der Waals surface area contributed by atoms with Crippen LogP contribution in [0.5, 0.6) is 0 Å². The first-order valence-electron chi connectivity index (χ1n) is 13.5. The molecule has 2 aliphatic heterocycles. The number of carbonyl (C=O) groups is 3. The lowest BCUT2D eigenvalue weighted by Crippen LogP contribution is -2.44. The van der Waals surface area contributed by atoms with Gasteiger partial charge in [-0.3, -0.25) is 19.3 Å². The van der Waals surface area contributed by atoms with Crippen molar-refractivity contribution in [2.24, 2.45) is 0 Å². The second-order valence-corrected chi connectivity index (χ2v) is 10.0. The number of para-hydroxylation sites is 1. The van der Waals surface area contributed by atoms with Crippen LogP contribution in [-0.2, 0) is 16.1 Å². The monoisotopic (exact) mass is 480 g/mol. The minimum absolute atomic E-state index is 0.0920. The average molecular weight is 481 g/mol. The maximum atomic E-state index is 13.5.